The van der Waals surface area contributed by atoms with Crippen LogP contribution in [-0.4, -0.2) is 25.9 Å². The molecule has 1 fully saturated rings. The Kier molecular flexibility index (Phi) is 3.68. The number of halogens is 1. The maximum atomic E-state index is 13.4. The summed E-state index contributed by atoms with van der Waals surface area (Å²) in [5.74, 6) is 0.139. The van der Waals surface area contributed by atoms with Crippen LogP contribution in [0.3, 0.4) is 0 Å². The van der Waals surface area contributed by atoms with Crippen LogP contribution in [0.15, 0.2) is 12.1 Å². The molecule has 0 amide bonds. The molecule has 1 unspecified atom stereocenters. The summed E-state index contributed by atoms with van der Waals surface area (Å²) in [4.78, 5) is 0. The molecule has 2 N–H and O–H groups in total. The Labute approximate surface area is 99.5 Å². The molecule has 0 bridgehead atoms. The molecule has 1 aliphatic rings. The van der Waals surface area contributed by atoms with Crippen molar-refractivity contribution in [2.75, 3.05) is 25.6 Å². The highest BCUT2D eigenvalue weighted by Gasteiger charge is 2.19. The molecule has 1 aromatic carbocycles. The van der Waals surface area contributed by atoms with E-state index in [0.717, 1.165) is 6.42 Å². The van der Waals surface area contributed by atoms with E-state index < -0.39 is 5.82 Å². The van der Waals surface area contributed by atoms with E-state index in [1.54, 1.807) is 6.92 Å². The highest BCUT2D eigenvalue weighted by molar-refractivity contribution is 5.56. The lowest BCUT2D eigenvalue weighted by Crippen LogP contribution is -2.16. The van der Waals surface area contributed by atoms with Crippen LogP contribution < -0.4 is 15.2 Å². The van der Waals surface area contributed by atoms with Gasteiger partial charge in [-0.3, -0.25) is 0 Å². The van der Waals surface area contributed by atoms with E-state index >= 15 is 0 Å². The Bertz CT molecular complexity index is 392. The second-order valence-corrected chi connectivity index (χ2v) is 3.86. The van der Waals surface area contributed by atoms with Crippen LogP contribution in [0.4, 0.5) is 10.1 Å². The molecule has 1 aliphatic heterocycles. The molecule has 1 atom stereocenters. The lowest BCUT2D eigenvalue weighted by Gasteiger charge is -2.15. The molecule has 1 saturated heterocycles. The topological polar surface area (TPSA) is 53.7 Å². The lowest BCUT2D eigenvalue weighted by atomic mass is 10.2. The third-order valence-corrected chi connectivity index (χ3v) is 2.55. The number of anilines is 1. The van der Waals surface area contributed by atoms with Crippen molar-refractivity contribution in [3.63, 3.8) is 0 Å². The standard InChI is InChI=1S/C12H16FNO3/c1-2-16-11-6-12(10(14)5-9(11)13)17-8-3-4-15-7-8/h5-6,8H,2-4,7,14H2,1H3. The molecule has 0 aromatic heterocycles. The summed E-state index contributed by atoms with van der Waals surface area (Å²) in [6, 6.07) is 2.71. The first kappa shape index (κ1) is 12.0. The predicted molar refractivity (Wildman–Crippen MR) is 61.8 cm³/mol. The number of benzene rings is 1. The van der Waals surface area contributed by atoms with E-state index in [2.05, 4.69) is 0 Å². The largest absolute Gasteiger partial charge is 0.491 e. The van der Waals surface area contributed by atoms with Gasteiger partial charge in [-0.2, -0.15) is 0 Å². The quantitative estimate of drug-likeness (QED) is 0.819. The van der Waals surface area contributed by atoms with E-state index in [1.807, 2.05) is 0 Å². The number of nitrogen functional groups attached to an aromatic ring is 1. The maximum Gasteiger partial charge on any atom is 0.167 e. The van der Waals surface area contributed by atoms with Gasteiger partial charge < -0.3 is 19.9 Å². The molecule has 94 valence electrons. The Balaban J connectivity index is 2.16. The van der Waals surface area contributed by atoms with Gasteiger partial charge in [0.1, 0.15) is 11.9 Å². The zero-order chi connectivity index (χ0) is 12.3. The zero-order valence-corrected chi connectivity index (χ0v) is 9.74. The fraction of sp³-hybridized carbons (Fsp3) is 0.500. The fourth-order valence-electron chi connectivity index (χ4n) is 1.70. The van der Waals surface area contributed by atoms with Crippen molar-refractivity contribution >= 4 is 5.69 Å². The molecule has 0 radical (unpaired) electrons. The average Bonchev–Trinajstić information content (AvgIpc) is 2.78. The van der Waals surface area contributed by atoms with E-state index in [9.17, 15) is 4.39 Å². The Hall–Kier alpha value is -1.49. The highest BCUT2D eigenvalue weighted by Crippen LogP contribution is 2.31. The number of hydrogen-bond donors (Lipinski definition) is 1. The molecule has 1 heterocycles. The van der Waals surface area contributed by atoms with Gasteiger partial charge in [0.05, 0.1) is 25.5 Å². The summed E-state index contributed by atoms with van der Waals surface area (Å²) in [5, 5.41) is 0. The van der Waals surface area contributed by atoms with E-state index in [4.69, 9.17) is 19.9 Å². The summed E-state index contributed by atoms with van der Waals surface area (Å²) in [5.41, 5.74) is 5.98. The first-order valence-corrected chi connectivity index (χ1v) is 5.67. The van der Waals surface area contributed by atoms with Crippen LogP contribution in [0, 0.1) is 5.82 Å². The van der Waals surface area contributed by atoms with Crippen molar-refractivity contribution in [2.24, 2.45) is 0 Å². The number of rotatable bonds is 4. The first-order chi connectivity index (χ1) is 8.20. The first-order valence-electron chi connectivity index (χ1n) is 5.67. The Morgan fingerprint density at radius 1 is 1.47 bits per heavy atom. The second-order valence-electron chi connectivity index (χ2n) is 3.86. The van der Waals surface area contributed by atoms with Crippen LogP contribution in [0.25, 0.3) is 0 Å². The minimum Gasteiger partial charge on any atom is -0.491 e. The Morgan fingerprint density at radius 3 is 2.94 bits per heavy atom. The molecular formula is C12H16FNO3. The molecule has 17 heavy (non-hydrogen) atoms. The maximum absolute atomic E-state index is 13.4. The third kappa shape index (κ3) is 2.79. The molecule has 0 saturated carbocycles. The monoisotopic (exact) mass is 241 g/mol. The van der Waals surface area contributed by atoms with Gasteiger partial charge in [-0.25, -0.2) is 4.39 Å². The van der Waals surface area contributed by atoms with Gasteiger partial charge in [0.25, 0.3) is 0 Å². The van der Waals surface area contributed by atoms with Crippen LogP contribution in [-0.2, 0) is 4.74 Å². The van der Waals surface area contributed by atoms with Crippen LogP contribution in [0.5, 0.6) is 11.5 Å². The second kappa shape index (κ2) is 5.23. The molecule has 2 rings (SSSR count). The van der Waals surface area contributed by atoms with Crippen molar-refractivity contribution < 1.29 is 18.6 Å². The zero-order valence-electron chi connectivity index (χ0n) is 9.74. The number of ether oxygens (including phenoxy) is 3. The van der Waals surface area contributed by atoms with Crippen molar-refractivity contribution in [3.8, 4) is 11.5 Å². The summed E-state index contributed by atoms with van der Waals surface area (Å²) < 4.78 is 29.5. The van der Waals surface area contributed by atoms with Gasteiger partial charge in [-0.05, 0) is 6.92 Å². The molecule has 0 spiro atoms. The van der Waals surface area contributed by atoms with E-state index in [1.165, 1.54) is 12.1 Å². The SMILES string of the molecule is CCOc1cc(OC2CCOC2)c(N)cc1F. The van der Waals surface area contributed by atoms with Gasteiger partial charge >= 0.3 is 0 Å². The minimum absolute atomic E-state index is 0.0164. The van der Waals surface area contributed by atoms with Gasteiger partial charge in [-0.15, -0.1) is 0 Å². The van der Waals surface area contributed by atoms with Crippen molar-refractivity contribution in [1.82, 2.24) is 0 Å². The molecular weight excluding hydrogens is 225 g/mol. The molecule has 0 aliphatic carbocycles. The highest BCUT2D eigenvalue weighted by atomic mass is 19.1. The summed E-state index contributed by atoms with van der Waals surface area (Å²) in [6.45, 7) is 3.42. The normalized spacial score (nSPS) is 19.3. The Morgan fingerprint density at radius 2 is 2.29 bits per heavy atom. The summed E-state index contributed by atoms with van der Waals surface area (Å²) in [6.07, 6.45) is 0.804. The summed E-state index contributed by atoms with van der Waals surface area (Å²) >= 11 is 0. The molecule has 1 aromatic rings. The van der Waals surface area contributed by atoms with Crippen molar-refractivity contribution in [1.29, 1.82) is 0 Å². The van der Waals surface area contributed by atoms with Gasteiger partial charge in [0.15, 0.2) is 11.6 Å². The van der Waals surface area contributed by atoms with Gasteiger partial charge in [-0.1, -0.05) is 0 Å². The van der Waals surface area contributed by atoms with Gasteiger partial charge in [0, 0.05) is 18.6 Å². The lowest BCUT2D eigenvalue weighted by molar-refractivity contribution is 0.141. The minimum atomic E-state index is -0.473. The fourth-order valence-corrected chi connectivity index (χ4v) is 1.70. The van der Waals surface area contributed by atoms with Crippen molar-refractivity contribution in [3.05, 3.63) is 17.9 Å². The molecule has 5 heteroatoms. The van der Waals surface area contributed by atoms with Crippen LogP contribution in [0.2, 0.25) is 0 Å². The summed E-state index contributed by atoms with van der Waals surface area (Å²) in [7, 11) is 0. The van der Waals surface area contributed by atoms with Gasteiger partial charge in [0.2, 0.25) is 0 Å². The van der Waals surface area contributed by atoms with Crippen LogP contribution >= 0.6 is 0 Å². The average molecular weight is 241 g/mol. The third-order valence-electron chi connectivity index (χ3n) is 2.55. The molecule has 4 nitrogen and oxygen atoms in total. The van der Waals surface area contributed by atoms with Crippen molar-refractivity contribution in [2.45, 2.75) is 19.4 Å². The van der Waals surface area contributed by atoms with Crippen LogP contribution in [0.1, 0.15) is 13.3 Å². The van der Waals surface area contributed by atoms with E-state index in [-0.39, 0.29) is 17.5 Å². The smallest absolute Gasteiger partial charge is 0.167 e. The predicted octanol–water partition coefficient (Wildman–Crippen LogP) is 1.97. The number of nitrogens with two attached hydrogens (primary N) is 1. The number of hydrogen-bond acceptors (Lipinski definition) is 4. The van der Waals surface area contributed by atoms with E-state index in [0.29, 0.717) is 25.6 Å².